The number of anilines is 2. The van der Waals surface area contributed by atoms with E-state index in [9.17, 15) is 9.18 Å². The first-order valence-electron chi connectivity index (χ1n) is 9.67. The zero-order valence-electron chi connectivity index (χ0n) is 16.5. The number of halogens is 3. The molecule has 1 aliphatic rings. The van der Waals surface area contributed by atoms with Gasteiger partial charge in [-0.1, -0.05) is 22.9 Å². The van der Waals surface area contributed by atoms with Crippen LogP contribution in [0.15, 0.2) is 18.3 Å². The van der Waals surface area contributed by atoms with Crippen molar-refractivity contribution in [2.45, 2.75) is 19.5 Å². The Kier molecular flexibility index (Phi) is 4.78. The van der Waals surface area contributed by atoms with Crippen LogP contribution in [0.5, 0.6) is 0 Å². The van der Waals surface area contributed by atoms with Crippen molar-refractivity contribution in [2.75, 3.05) is 23.8 Å². The molecule has 1 aromatic carbocycles. The number of hydrogen-bond acceptors (Lipinski definition) is 6. The summed E-state index contributed by atoms with van der Waals surface area (Å²) in [6.45, 7) is 2.50. The standard InChI is InChI=1S/C20H17ClF2N6OS/c1-3-29(2)17-15(23)14(21)13(9-7-24-28-16(9)17)11-4-5-12-19(25-11)31-20(26-12)27-18(30)8-6-10(8)22/h4-5,7-8,10H,3,6H2,1-2H3,(H,24,28)(H,26,27,30). The van der Waals surface area contributed by atoms with Crippen LogP contribution in [-0.2, 0) is 4.79 Å². The van der Waals surface area contributed by atoms with Gasteiger partial charge < -0.3 is 10.2 Å². The summed E-state index contributed by atoms with van der Waals surface area (Å²) in [4.78, 5) is 23.2. The molecule has 2 unspecified atom stereocenters. The number of fused-ring (bicyclic) bond motifs is 2. The number of nitrogens with one attached hydrogen (secondary N) is 2. The Morgan fingerprint density at radius 1 is 1.42 bits per heavy atom. The van der Waals surface area contributed by atoms with Crippen molar-refractivity contribution < 1.29 is 13.6 Å². The van der Waals surface area contributed by atoms with E-state index in [2.05, 4.69) is 25.5 Å². The molecule has 3 aromatic heterocycles. The number of aromatic amines is 1. The van der Waals surface area contributed by atoms with Crippen LogP contribution < -0.4 is 10.2 Å². The smallest absolute Gasteiger partial charge is 0.232 e. The highest BCUT2D eigenvalue weighted by atomic mass is 35.5. The maximum Gasteiger partial charge on any atom is 0.232 e. The lowest BCUT2D eigenvalue weighted by molar-refractivity contribution is -0.117. The molecule has 0 saturated heterocycles. The summed E-state index contributed by atoms with van der Waals surface area (Å²) in [5.74, 6) is -1.54. The van der Waals surface area contributed by atoms with Gasteiger partial charge in [0, 0.05) is 24.5 Å². The van der Waals surface area contributed by atoms with Crippen molar-refractivity contribution in [3.8, 4) is 11.3 Å². The SMILES string of the molecule is CCN(C)c1c(F)c(Cl)c(-c2ccc3nc(NC(=O)C4CC4F)sc3n2)c2cn[nH]c12. The zero-order chi connectivity index (χ0) is 21.9. The molecule has 31 heavy (non-hydrogen) atoms. The van der Waals surface area contributed by atoms with E-state index < -0.39 is 17.9 Å². The van der Waals surface area contributed by atoms with Gasteiger partial charge in [-0.15, -0.1) is 0 Å². The van der Waals surface area contributed by atoms with E-state index in [1.807, 2.05) is 6.92 Å². The molecular weight excluding hydrogens is 446 g/mol. The van der Waals surface area contributed by atoms with Crippen molar-refractivity contribution in [3.05, 3.63) is 29.2 Å². The number of nitrogens with zero attached hydrogens (tertiary/aromatic N) is 4. The normalized spacial score (nSPS) is 18.0. The molecular formula is C20H17ClF2N6OS. The molecule has 0 spiro atoms. The molecule has 2 N–H and O–H groups in total. The second kappa shape index (κ2) is 7.38. The number of H-pyrrole nitrogens is 1. The van der Waals surface area contributed by atoms with Gasteiger partial charge in [0.15, 0.2) is 10.9 Å². The third-order valence-electron chi connectivity index (χ3n) is 5.41. The molecule has 3 heterocycles. The van der Waals surface area contributed by atoms with Gasteiger partial charge in [-0.3, -0.25) is 9.89 Å². The van der Waals surface area contributed by atoms with Crippen molar-refractivity contribution in [1.29, 1.82) is 0 Å². The van der Waals surface area contributed by atoms with Crippen LogP contribution >= 0.6 is 22.9 Å². The van der Waals surface area contributed by atoms with Gasteiger partial charge in [0.05, 0.1) is 28.3 Å². The summed E-state index contributed by atoms with van der Waals surface area (Å²) in [6.07, 6.45) is 0.756. The third kappa shape index (κ3) is 3.30. The number of aromatic nitrogens is 4. The average Bonchev–Trinajstić information content (AvgIpc) is 3.12. The Morgan fingerprint density at radius 2 is 2.19 bits per heavy atom. The molecule has 2 atom stereocenters. The molecule has 0 aliphatic heterocycles. The van der Waals surface area contributed by atoms with E-state index in [-0.39, 0.29) is 17.4 Å². The van der Waals surface area contributed by atoms with E-state index in [1.54, 1.807) is 30.3 Å². The van der Waals surface area contributed by atoms with E-state index in [0.717, 1.165) is 11.3 Å². The number of carbonyl (C=O) groups is 1. The summed E-state index contributed by atoms with van der Waals surface area (Å²) in [6, 6.07) is 3.42. The first-order valence-corrected chi connectivity index (χ1v) is 10.9. The lowest BCUT2D eigenvalue weighted by Gasteiger charge is -2.20. The third-order valence-corrected chi connectivity index (χ3v) is 6.65. The minimum atomic E-state index is -1.08. The monoisotopic (exact) mass is 462 g/mol. The molecule has 1 aliphatic carbocycles. The Hall–Kier alpha value is -2.85. The van der Waals surface area contributed by atoms with Gasteiger partial charge in [-0.2, -0.15) is 5.10 Å². The molecule has 0 bridgehead atoms. The molecule has 160 valence electrons. The van der Waals surface area contributed by atoms with Crippen molar-refractivity contribution in [2.24, 2.45) is 5.92 Å². The van der Waals surface area contributed by atoms with E-state index in [0.29, 0.717) is 49.9 Å². The summed E-state index contributed by atoms with van der Waals surface area (Å²) in [5.41, 5.74) is 2.33. The average molecular weight is 463 g/mol. The highest BCUT2D eigenvalue weighted by Gasteiger charge is 2.43. The largest absolute Gasteiger partial charge is 0.371 e. The zero-order valence-corrected chi connectivity index (χ0v) is 18.1. The van der Waals surface area contributed by atoms with Gasteiger partial charge >= 0.3 is 0 Å². The van der Waals surface area contributed by atoms with Crippen LogP contribution in [0.4, 0.5) is 19.6 Å². The molecule has 5 rings (SSSR count). The van der Waals surface area contributed by atoms with Gasteiger partial charge in [0.2, 0.25) is 5.91 Å². The lowest BCUT2D eigenvalue weighted by atomic mass is 10.0. The summed E-state index contributed by atoms with van der Waals surface area (Å²) in [5, 5.41) is 10.5. The summed E-state index contributed by atoms with van der Waals surface area (Å²) < 4.78 is 28.3. The maximum atomic E-state index is 15.2. The van der Waals surface area contributed by atoms with Crippen molar-refractivity contribution >= 4 is 60.9 Å². The van der Waals surface area contributed by atoms with Gasteiger partial charge in [0.1, 0.15) is 22.2 Å². The van der Waals surface area contributed by atoms with E-state index >= 15 is 4.39 Å². The quantitative estimate of drug-likeness (QED) is 0.445. The van der Waals surface area contributed by atoms with Crippen molar-refractivity contribution in [3.63, 3.8) is 0 Å². The van der Waals surface area contributed by atoms with E-state index in [1.165, 1.54) is 0 Å². The summed E-state index contributed by atoms with van der Waals surface area (Å²) >= 11 is 7.63. The van der Waals surface area contributed by atoms with Gasteiger partial charge in [0.25, 0.3) is 0 Å². The number of alkyl halides is 1. The molecule has 11 heteroatoms. The fourth-order valence-corrected chi connectivity index (χ4v) is 4.64. The minimum absolute atomic E-state index is 0.0446. The second-order valence-corrected chi connectivity index (χ2v) is 8.77. The molecule has 0 radical (unpaired) electrons. The first kappa shape index (κ1) is 20.1. The van der Waals surface area contributed by atoms with Crippen LogP contribution in [0.25, 0.3) is 32.5 Å². The van der Waals surface area contributed by atoms with Crippen LogP contribution in [0.1, 0.15) is 13.3 Å². The van der Waals surface area contributed by atoms with Crippen molar-refractivity contribution in [1.82, 2.24) is 20.2 Å². The first-order chi connectivity index (χ1) is 14.9. The molecule has 7 nitrogen and oxygen atoms in total. The number of amides is 1. The Balaban J connectivity index is 1.58. The molecule has 1 amide bonds. The van der Waals surface area contributed by atoms with Crippen LogP contribution in [-0.4, -0.2) is 45.8 Å². The Bertz CT molecular complexity index is 1340. The number of carbonyl (C=O) groups excluding carboxylic acids is 1. The lowest BCUT2D eigenvalue weighted by Crippen LogP contribution is -2.18. The predicted molar refractivity (Wildman–Crippen MR) is 118 cm³/mol. The maximum absolute atomic E-state index is 15.2. The van der Waals surface area contributed by atoms with Crippen LogP contribution in [0.2, 0.25) is 5.02 Å². The fraction of sp³-hybridized carbons (Fsp3) is 0.300. The summed E-state index contributed by atoms with van der Waals surface area (Å²) in [7, 11) is 1.78. The molecule has 1 saturated carbocycles. The molecule has 1 fully saturated rings. The number of rotatable bonds is 5. The van der Waals surface area contributed by atoms with Crippen LogP contribution in [0.3, 0.4) is 0 Å². The highest BCUT2D eigenvalue weighted by molar-refractivity contribution is 7.22. The van der Waals surface area contributed by atoms with Gasteiger partial charge in [-0.25, -0.2) is 18.7 Å². The highest BCUT2D eigenvalue weighted by Crippen LogP contribution is 2.42. The Morgan fingerprint density at radius 3 is 2.90 bits per heavy atom. The number of thiazole rings is 1. The Labute approximate surface area is 184 Å². The predicted octanol–water partition coefficient (Wildman–Crippen LogP) is 4.78. The minimum Gasteiger partial charge on any atom is -0.371 e. The second-order valence-electron chi connectivity index (χ2n) is 7.41. The number of hydrogen-bond donors (Lipinski definition) is 2. The van der Waals surface area contributed by atoms with Crippen LogP contribution in [0, 0.1) is 11.7 Å². The molecule has 4 aromatic rings. The van der Waals surface area contributed by atoms with E-state index in [4.69, 9.17) is 11.6 Å². The topological polar surface area (TPSA) is 86.8 Å². The number of benzene rings is 1. The fourth-order valence-electron chi connectivity index (χ4n) is 3.51. The number of pyridine rings is 1. The van der Waals surface area contributed by atoms with Gasteiger partial charge in [-0.05, 0) is 25.5 Å².